The largest absolute Gasteiger partial charge is 0.464 e. The van der Waals surface area contributed by atoms with Crippen LogP contribution in [0.15, 0.2) is 59.9 Å². The SMILES string of the molecule is Cc1ccc2c(CC(=O)NCc3ccnc(-n4ccnc4)c3)coc2c1C. The molecule has 6 nitrogen and oxygen atoms in total. The van der Waals surface area contributed by atoms with Gasteiger partial charge in [0.15, 0.2) is 0 Å². The maximum Gasteiger partial charge on any atom is 0.224 e. The molecule has 0 unspecified atom stereocenters. The molecule has 6 heteroatoms. The quantitative estimate of drug-likeness (QED) is 0.591. The number of furan rings is 1. The maximum atomic E-state index is 12.4. The lowest BCUT2D eigenvalue weighted by atomic mass is 10.0. The highest BCUT2D eigenvalue weighted by atomic mass is 16.3. The van der Waals surface area contributed by atoms with Crippen LogP contribution in [0.3, 0.4) is 0 Å². The number of nitrogens with zero attached hydrogens (tertiary/aromatic N) is 3. The summed E-state index contributed by atoms with van der Waals surface area (Å²) in [4.78, 5) is 20.8. The molecule has 136 valence electrons. The minimum Gasteiger partial charge on any atom is -0.464 e. The Morgan fingerprint density at radius 3 is 2.93 bits per heavy atom. The summed E-state index contributed by atoms with van der Waals surface area (Å²) in [5, 5.41) is 3.97. The summed E-state index contributed by atoms with van der Waals surface area (Å²) >= 11 is 0. The van der Waals surface area contributed by atoms with E-state index >= 15 is 0 Å². The molecular formula is C21H20N4O2. The van der Waals surface area contributed by atoms with Crippen LogP contribution in [0, 0.1) is 13.8 Å². The van der Waals surface area contributed by atoms with Crippen molar-refractivity contribution < 1.29 is 9.21 Å². The number of fused-ring (bicyclic) bond motifs is 1. The van der Waals surface area contributed by atoms with Gasteiger partial charge in [-0.1, -0.05) is 12.1 Å². The molecule has 1 amide bonds. The fourth-order valence-corrected chi connectivity index (χ4v) is 3.07. The average molecular weight is 360 g/mol. The van der Waals surface area contributed by atoms with Crippen LogP contribution in [-0.4, -0.2) is 20.4 Å². The van der Waals surface area contributed by atoms with Crippen molar-refractivity contribution in [3.05, 3.63) is 77.7 Å². The van der Waals surface area contributed by atoms with Crippen LogP contribution in [0.1, 0.15) is 22.3 Å². The van der Waals surface area contributed by atoms with E-state index < -0.39 is 0 Å². The first-order valence-corrected chi connectivity index (χ1v) is 8.78. The van der Waals surface area contributed by atoms with E-state index in [1.54, 1.807) is 25.0 Å². The van der Waals surface area contributed by atoms with Gasteiger partial charge in [0.05, 0.1) is 12.7 Å². The van der Waals surface area contributed by atoms with Crippen LogP contribution in [0.4, 0.5) is 0 Å². The molecule has 0 aliphatic heterocycles. The summed E-state index contributed by atoms with van der Waals surface area (Å²) in [6, 6.07) is 7.90. The van der Waals surface area contributed by atoms with Gasteiger partial charge in [-0.25, -0.2) is 9.97 Å². The van der Waals surface area contributed by atoms with Crippen LogP contribution >= 0.6 is 0 Å². The van der Waals surface area contributed by atoms with Gasteiger partial charge in [0.25, 0.3) is 0 Å². The average Bonchev–Trinajstić information content (AvgIpc) is 3.34. The fraction of sp³-hybridized carbons (Fsp3) is 0.190. The minimum atomic E-state index is -0.0445. The highest BCUT2D eigenvalue weighted by Crippen LogP contribution is 2.26. The lowest BCUT2D eigenvalue weighted by Crippen LogP contribution is -2.24. The van der Waals surface area contributed by atoms with Crippen molar-refractivity contribution in [3.63, 3.8) is 0 Å². The number of rotatable bonds is 5. The molecule has 1 N–H and O–H groups in total. The number of nitrogens with one attached hydrogen (secondary N) is 1. The molecule has 4 rings (SSSR count). The van der Waals surface area contributed by atoms with Gasteiger partial charge in [0.1, 0.15) is 17.7 Å². The Balaban J connectivity index is 1.43. The zero-order valence-corrected chi connectivity index (χ0v) is 15.3. The lowest BCUT2D eigenvalue weighted by Gasteiger charge is -2.07. The molecule has 1 aromatic carbocycles. The standard InChI is InChI=1S/C21H20N4O2/c1-14-3-4-18-17(12-27-21(18)15(14)2)10-20(26)24-11-16-5-6-23-19(9-16)25-8-7-22-13-25/h3-9,12-13H,10-11H2,1-2H3,(H,24,26). The van der Waals surface area contributed by atoms with Gasteiger partial charge in [-0.15, -0.1) is 0 Å². The number of hydrogen-bond acceptors (Lipinski definition) is 4. The van der Waals surface area contributed by atoms with E-state index in [4.69, 9.17) is 4.42 Å². The third-order valence-electron chi connectivity index (χ3n) is 4.76. The molecular weight excluding hydrogens is 340 g/mol. The molecule has 0 aliphatic rings. The Kier molecular flexibility index (Phi) is 4.46. The molecule has 0 saturated heterocycles. The summed E-state index contributed by atoms with van der Waals surface area (Å²) in [6.07, 6.45) is 8.92. The predicted molar refractivity (Wildman–Crippen MR) is 103 cm³/mol. The third-order valence-corrected chi connectivity index (χ3v) is 4.76. The summed E-state index contributed by atoms with van der Waals surface area (Å²) in [7, 11) is 0. The molecule has 0 bridgehead atoms. The second-order valence-electron chi connectivity index (χ2n) is 6.59. The van der Waals surface area contributed by atoms with E-state index in [1.807, 2.05) is 35.9 Å². The van der Waals surface area contributed by atoms with Crippen LogP contribution in [0.2, 0.25) is 0 Å². The first-order chi connectivity index (χ1) is 13.1. The minimum absolute atomic E-state index is 0.0445. The van der Waals surface area contributed by atoms with E-state index in [0.29, 0.717) is 6.54 Å². The molecule has 3 heterocycles. The number of aryl methyl sites for hydroxylation is 2. The summed E-state index contributed by atoms with van der Waals surface area (Å²) < 4.78 is 7.51. The molecule has 0 saturated carbocycles. The van der Waals surface area contributed by atoms with E-state index in [0.717, 1.165) is 33.5 Å². The van der Waals surface area contributed by atoms with Gasteiger partial charge < -0.3 is 9.73 Å². The van der Waals surface area contributed by atoms with Crippen molar-refractivity contribution in [2.75, 3.05) is 0 Å². The number of carbonyl (C=O) groups excluding carboxylic acids is 1. The Morgan fingerprint density at radius 1 is 1.22 bits per heavy atom. The lowest BCUT2D eigenvalue weighted by molar-refractivity contribution is -0.120. The van der Waals surface area contributed by atoms with Gasteiger partial charge in [-0.05, 0) is 42.7 Å². The van der Waals surface area contributed by atoms with Crippen molar-refractivity contribution in [1.29, 1.82) is 0 Å². The van der Waals surface area contributed by atoms with Gasteiger partial charge in [0.2, 0.25) is 5.91 Å². The number of carbonyl (C=O) groups is 1. The number of imidazole rings is 1. The zero-order chi connectivity index (χ0) is 18.8. The molecule has 0 radical (unpaired) electrons. The van der Waals surface area contributed by atoms with Crippen LogP contribution in [-0.2, 0) is 17.8 Å². The van der Waals surface area contributed by atoms with E-state index in [-0.39, 0.29) is 12.3 Å². The maximum absolute atomic E-state index is 12.4. The second-order valence-corrected chi connectivity index (χ2v) is 6.59. The van der Waals surface area contributed by atoms with Gasteiger partial charge in [0, 0.05) is 36.1 Å². The molecule has 0 atom stereocenters. The van der Waals surface area contributed by atoms with E-state index in [1.165, 1.54) is 5.56 Å². The van der Waals surface area contributed by atoms with Crippen molar-refractivity contribution in [1.82, 2.24) is 19.9 Å². The van der Waals surface area contributed by atoms with Crippen LogP contribution in [0.5, 0.6) is 0 Å². The topological polar surface area (TPSA) is 73.0 Å². The van der Waals surface area contributed by atoms with E-state index in [9.17, 15) is 4.79 Å². The molecule has 0 fully saturated rings. The number of benzene rings is 1. The van der Waals surface area contributed by atoms with Crippen molar-refractivity contribution in [2.24, 2.45) is 0 Å². The van der Waals surface area contributed by atoms with Gasteiger partial charge >= 0.3 is 0 Å². The zero-order valence-electron chi connectivity index (χ0n) is 15.3. The third kappa shape index (κ3) is 3.46. The summed E-state index contributed by atoms with van der Waals surface area (Å²) in [5.74, 6) is 0.725. The smallest absolute Gasteiger partial charge is 0.224 e. The van der Waals surface area contributed by atoms with Crippen molar-refractivity contribution in [2.45, 2.75) is 26.8 Å². The van der Waals surface area contributed by atoms with Crippen molar-refractivity contribution >= 4 is 16.9 Å². The molecule has 4 aromatic rings. The first-order valence-electron chi connectivity index (χ1n) is 8.78. The Hall–Kier alpha value is -3.41. The van der Waals surface area contributed by atoms with E-state index in [2.05, 4.69) is 28.3 Å². The number of amides is 1. The number of pyridine rings is 1. The van der Waals surface area contributed by atoms with Gasteiger partial charge in [-0.2, -0.15) is 0 Å². The highest BCUT2D eigenvalue weighted by Gasteiger charge is 2.13. The molecule has 0 aliphatic carbocycles. The Bertz CT molecular complexity index is 1100. The normalized spacial score (nSPS) is 11.0. The summed E-state index contributed by atoms with van der Waals surface area (Å²) in [5.41, 5.74) is 5.03. The Labute approximate surface area is 156 Å². The predicted octanol–water partition coefficient (Wildman–Crippen LogP) is 3.49. The number of aromatic nitrogens is 3. The summed E-state index contributed by atoms with van der Waals surface area (Å²) in [6.45, 7) is 4.53. The molecule has 3 aromatic heterocycles. The Morgan fingerprint density at radius 2 is 2.11 bits per heavy atom. The fourth-order valence-electron chi connectivity index (χ4n) is 3.07. The first kappa shape index (κ1) is 17.0. The highest BCUT2D eigenvalue weighted by molar-refractivity contribution is 5.89. The van der Waals surface area contributed by atoms with Crippen LogP contribution < -0.4 is 5.32 Å². The van der Waals surface area contributed by atoms with Crippen LogP contribution in [0.25, 0.3) is 16.8 Å². The number of hydrogen-bond donors (Lipinski definition) is 1. The molecule has 27 heavy (non-hydrogen) atoms. The second kappa shape index (κ2) is 7.07. The van der Waals surface area contributed by atoms with Crippen molar-refractivity contribution in [3.8, 4) is 5.82 Å². The molecule has 0 spiro atoms. The monoisotopic (exact) mass is 360 g/mol. The van der Waals surface area contributed by atoms with Gasteiger partial charge in [-0.3, -0.25) is 9.36 Å².